The molecule has 0 aliphatic heterocycles. The van der Waals surface area contributed by atoms with Gasteiger partial charge in [0.05, 0.1) is 22.6 Å². The molecule has 0 saturated heterocycles. The van der Waals surface area contributed by atoms with E-state index in [-0.39, 0.29) is 37.2 Å². The first-order valence-electron chi connectivity index (χ1n) is 5.50. The second-order valence-corrected chi connectivity index (χ2v) is 4.88. The van der Waals surface area contributed by atoms with E-state index in [1.54, 1.807) is 0 Å². The minimum absolute atomic E-state index is 0.112. The minimum atomic E-state index is -1.05. The monoisotopic (exact) mass is 284 g/mol. The lowest BCUT2D eigenvalue weighted by Gasteiger charge is -1.95. The molecule has 0 spiro atoms. The van der Waals surface area contributed by atoms with Gasteiger partial charge in [-0.15, -0.1) is 11.3 Å². The van der Waals surface area contributed by atoms with Crippen LogP contribution in [0.15, 0.2) is 12.1 Å². The van der Waals surface area contributed by atoms with Gasteiger partial charge in [0.1, 0.15) is 0 Å². The van der Waals surface area contributed by atoms with E-state index in [1.165, 1.54) is 12.1 Å². The third-order valence-corrected chi connectivity index (χ3v) is 3.45. The van der Waals surface area contributed by atoms with Crippen LogP contribution >= 0.6 is 11.3 Å². The molecule has 0 saturated carbocycles. The van der Waals surface area contributed by atoms with Crippen LogP contribution < -0.4 is 0 Å². The maximum absolute atomic E-state index is 11.6. The smallest absolute Gasteiger partial charge is 0.303 e. The summed E-state index contributed by atoms with van der Waals surface area (Å²) < 4.78 is 0. The number of hydrogen-bond acceptors (Lipinski definition) is 5. The molecule has 0 radical (unpaired) electrons. The highest BCUT2D eigenvalue weighted by Gasteiger charge is 2.15. The first-order valence-corrected chi connectivity index (χ1v) is 6.31. The lowest BCUT2D eigenvalue weighted by atomic mass is 10.2. The fourth-order valence-electron chi connectivity index (χ4n) is 1.32. The first-order chi connectivity index (χ1) is 8.90. The Labute approximate surface area is 112 Å². The number of carbonyl (C=O) groups excluding carboxylic acids is 2. The predicted molar refractivity (Wildman–Crippen MR) is 66.7 cm³/mol. The molecule has 0 aliphatic rings. The lowest BCUT2D eigenvalue weighted by molar-refractivity contribution is -0.137. The van der Waals surface area contributed by atoms with Gasteiger partial charge in [0.25, 0.3) is 0 Å². The SMILES string of the molecule is O=C(O)CCC(=O)c1ccc(C(=O)CCC(=O)O)s1. The predicted octanol–water partition coefficient (Wildman–Crippen LogP) is 1.84. The number of hydrogen-bond donors (Lipinski definition) is 2. The fourth-order valence-corrected chi connectivity index (χ4v) is 2.27. The van der Waals surface area contributed by atoms with Crippen molar-refractivity contribution in [3.63, 3.8) is 0 Å². The Bertz CT molecular complexity index is 472. The molecular weight excluding hydrogens is 272 g/mol. The molecule has 7 heteroatoms. The summed E-state index contributed by atoms with van der Waals surface area (Å²) in [5.74, 6) is -2.76. The van der Waals surface area contributed by atoms with Crippen molar-refractivity contribution in [2.24, 2.45) is 0 Å². The van der Waals surface area contributed by atoms with Gasteiger partial charge in [-0.25, -0.2) is 0 Å². The van der Waals surface area contributed by atoms with Gasteiger partial charge in [-0.05, 0) is 12.1 Å². The van der Waals surface area contributed by atoms with Gasteiger partial charge in [-0.1, -0.05) is 0 Å². The Morgan fingerprint density at radius 2 is 1.16 bits per heavy atom. The molecular formula is C12H12O6S. The topological polar surface area (TPSA) is 109 Å². The number of carbonyl (C=O) groups is 4. The van der Waals surface area contributed by atoms with Crippen molar-refractivity contribution in [1.29, 1.82) is 0 Å². The Morgan fingerprint density at radius 1 is 0.789 bits per heavy atom. The molecule has 0 atom stereocenters. The maximum Gasteiger partial charge on any atom is 0.303 e. The Balaban J connectivity index is 2.61. The molecule has 6 nitrogen and oxygen atoms in total. The minimum Gasteiger partial charge on any atom is -0.481 e. The second-order valence-electron chi connectivity index (χ2n) is 3.80. The third-order valence-electron chi connectivity index (χ3n) is 2.29. The van der Waals surface area contributed by atoms with Crippen LogP contribution in [-0.2, 0) is 9.59 Å². The summed E-state index contributed by atoms with van der Waals surface area (Å²) >= 11 is 0.967. The summed E-state index contributed by atoms with van der Waals surface area (Å²) in [6, 6.07) is 2.92. The van der Waals surface area contributed by atoms with E-state index >= 15 is 0 Å². The zero-order valence-corrected chi connectivity index (χ0v) is 10.7. The van der Waals surface area contributed by atoms with Crippen LogP contribution in [0.2, 0.25) is 0 Å². The lowest BCUT2D eigenvalue weighted by Crippen LogP contribution is -2.02. The van der Waals surface area contributed by atoms with Crippen molar-refractivity contribution in [2.45, 2.75) is 25.7 Å². The van der Waals surface area contributed by atoms with E-state index in [9.17, 15) is 19.2 Å². The number of thiophene rings is 1. The maximum atomic E-state index is 11.6. The standard InChI is InChI=1S/C12H12O6S/c13-7(1-5-11(15)16)9-3-4-10(19-9)8(14)2-6-12(17)18/h3-4H,1-2,5-6H2,(H,15,16)(H,17,18). The second kappa shape index (κ2) is 6.79. The van der Waals surface area contributed by atoms with E-state index in [1.807, 2.05) is 0 Å². The Hall–Kier alpha value is -2.02. The van der Waals surface area contributed by atoms with Crippen molar-refractivity contribution < 1.29 is 29.4 Å². The van der Waals surface area contributed by atoms with E-state index in [0.29, 0.717) is 9.75 Å². The van der Waals surface area contributed by atoms with Crippen molar-refractivity contribution in [2.75, 3.05) is 0 Å². The van der Waals surface area contributed by atoms with Gasteiger partial charge in [0.15, 0.2) is 11.6 Å². The quantitative estimate of drug-likeness (QED) is 0.705. The number of aliphatic carboxylic acids is 2. The summed E-state index contributed by atoms with van der Waals surface area (Å²) in [4.78, 5) is 44.5. The van der Waals surface area contributed by atoms with E-state index in [0.717, 1.165) is 11.3 Å². The Kier molecular flexibility index (Phi) is 5.37. The number of rotatable bonds is 8. The zero-order chi connectivity index (χ0) is 14.4. The van der Waals surface area contributed by atoms with Crippen molar-refractivity contribution in [1.82, 2.24) is 0 Å². The summed E-state index contributed by atoms with van der Waals surface area (Å²) in [7, 11) is 0. The molecule has 19 heavy (non-hydrogen) atoms. The average molecular weight is 284 g/mol. The summed E-state index contributed by atoms with van der Waals surface area (Å²) in [5.41, 5.74) is 0. The number of carboxylic acids is 2. The number of Topliss-reactive ketones (excluding diaryl/α,β-unsaturated/α-hetero) is 2. The molecule has 0 bridgehead atoms. The molecule has 0 amide bonds. The highest BCUT2D eigenvalue weighted by Crippen LogP contribution is 2.20. The summed E-state index contributed by atoms with van der Waals surface area (Å²) in [5, 5.41) is 16.9. The molecule has 0 fully saturated rings. The number of ketones is 2. The highest BCUT2D eigenvalue weighted by atomic mass is 32.1. The van der Waals surface area contributed by atoms with Crippen LogP contribution in [0.1, 0.15) is 45.0 Å². The molecule has 1 aromatic rings. The summed E-state index contributed by atoms with van der Waals surface area (Å²) in [6.45, 7) is 0. The molecule has 102 valence electrons. The van der Waals surface area contributed by atoms with Crippen LogP contribution in [0.3, 0.4) is 0 Å². The molecule has 1 heterocycles. The van der Waals surface area contributed by atoms with Crippen LogP contribution in [0.5, 0.6) is 0 Å². The fraction of sp³-hybridized carbons (Fsp3) is 0.333. The number of carboxylic acid groups (broad SMARTS) is 2. The van der Waals surface area contributed by atoms with Gasteiger partial charge in [-0.2, -0.15) is 0 Å². The molecule has 1 aromatic heterocycles. The van der Waals surface area contributed by atoms with Crippen LogP contribution in [0.25, 0.3) is 0 Å². The van der Waals surface area contributed by atoms with Crippen LogP contribution in [0.4, 0.5) is 0 Å². The van der Waals surface area contributed by atoms with Crippen molar-refractivity contribution in [3.05, 3.63) is 21.9 Å². The van der Waals surface area contributed by atoms with Crippen molar-refractivity contribution in [3.8, 4) is 0 Å². The molecule has 1 rings (SSSR count). The van der Waals surface area contributed by atoms with Crippen LogP contribution in [-0.4, -0.2) is 33.7 Å². The van der Waals surface area contributed by atoms with Gasteiger partial charge in [-0.3, -0.25) is 19.2 Å². The zero-order valence-electron chi connectivity index (χ0n) is 9.92. The van der Waals surface area contributed by atoms with Crippen molar-refractivity contribution >= 4 is 34.8 Å². The normalized spacial score (nSPS) is 10.1. The van der Waals surface area contributed by atoms with E-state index in [2.05, 4.69) is 0 Å². The molecule has 0 unspecified atom stereocenters. The third kappa shape index (κ3) is 5.01. The largest absolute Gasteiger partial charge is 0.481 e. The van der Waals surface area contributed by atoms with Gasteiger partial charge >= 0.3 is 11.9 Å². The van der Waals surface area contributed by atoms with E-state index < -0.39 is 11.9 Å². The molecule has 2 N–H and O–H groups in total. The van der Waals surface area contributed by atoms with E-state index in [4.69, 9.17) is 10.2 Å². The summed E-state index contributed by atoms with van der Waals surface area (Å²) in [6.07, 6.45) is -0.727. The van der Waals surface area contributed by atoms with Gasteiger partial charge in [0.2, 0.25) is 0 Å². The van der Waals surface area contributed by atoms with Gasteiger partial charge < -0.3 is 10.2 Å². The average Bonchev–Trinajstić information content (AvgIpc) is 2.82. The van der Waals surface area contributed by atoms with Gasteiger partial charge in [0, 0.05) is 12.8 Å². The van der Waals surface area contributed by atoms with Crippen LogP contribution in [0, 0.1) is 0 Å². The Morgan fingerprint density at radius 3 is 1.47 bits per heavy atom. The molecule has 0 aromatic carbocycles. The highest BCUT2D eigenvalue weighted by molar-refractivity contribution is 7.16. The molecule has 0 aliphatic carbocycles. The first kappa shape index (κ1) is 15.0.